The van der Waals surface area contributed by atoms with E-state index < -0.39 is 0 Å². The first-order chi connectivity index (χ1) is 5.88. The number of aldehydes is 1. The zero-order chi connectivity index (χ0) is 8.81. The minimum absolute atomic E-state index is 0.0627. The van der Waals surface area contributed by atoms with Crippen LogP contribution in [0.25, 0.3) is 0 Å². The highest BCUT2D eigenvalue weighted by molar-refractivity contribution is 5.83. The molecule has 0 fully saturated rings. The van der Waals surface area contributed by atoms with Crippen LogP contribution in [0.3, 0.4) is 0 Å². The first-order valence-electron chi connectivity index (χ1n) is 3.77. The number of aliphatic hydroxyl groups is 1. The van der Waals surface area contributed by atoms with Gasteiger partial charge in [-0.25, -0.2) is 0 Å². The highest BCUT2D eigenvalue weighted by atomic mass is 16.3. The topological polar surface area (TPSA) is 49.3 Å². The minimum Gasteiger partial charge on any atom is -0.395 e. The van der Waals surface area contributed by atoms with Crippen molar-refractivity contribution in [2.75, 3.05) is 18.5 Å². The van der Waals surface area contributed by atoms with Gasteiger partial charge in [-0.1, -0.05) is 12.1 Å². The number of carbonyl (C=O) groups is 1. The quantitative estimate of drug-likeness (QED) is 0.652. The van der Waals surface area contributed by atoms with Crippen molar-refractivity contribution in [1.82, 2.24) is 0 Å². The van der Waals surface area contributed by atoms with E-state index in [0.717, 1.165) is 12.0 Å². The van der Waals surface area contributed by atoms with Crippen molar-refractivity contribution < 1.29 is 9.90 Å². The van der Waals surface area contributed by atoms with Crippen LogP contribution >= 0.6 is 0 Å². The van der Waals surface area contributed by atoms with Crippen LogP contribution in [0.2, 0.25) is 0 Å². The van der Waals surface area contributed by atoms with E-state index in [0.29, 0.717) is 12.1 Å². The largest absolute Gasteiger partial charge is 0.395 e. The Hall–Kier alpha value is -1.35. The van der Waals surface area contributed by atoms with Gasteiger partial charge in [-0.3, -0.25) is 4.79 Å². The van der Waals surface area contributed by atoms with Crippen molar-refractivity contribution in [2.45, 2.75) is 0 Å². The fourth-order valence-electron chi connectivity index (χ4n) is 0.951. The lowest BCUT2D eigenvalue weighted by molar-refractivity contribution is 0.112. The molecule has 1 aromatic carbocycles. The van der Waals surface area contributed by atoms with Gasteiger partial charge < -0.3 is 10.4 Å². The van der Waals surface area contributed by atoms with Crippen molar-refractivity contribution >= 4 is 12.0 Å². The second-order valence-electron chi connectivity index (χ2n) is 2.36. The second-order valence-corrected chi connectivity index (χ2v) is 2.36. The van der Waals surface area contributed by atoms with Crippen molar-refractivity contribution in [3.8, 4) is 0 Å². The standard InChI is InChI=1S/C9H11NO2/c11-6-5-10-9-4-2-1-3-8(9)7-12/h1-4,7,10-11H,5-6H2. The summed E-state index contributed by atoms with van der Waals surface area (Å²) in [5, 5.41) is 11.5. The summed E-state index contributed by atoms with van der Waals surface area (Å²) >= 11 is 0. The fourth-order valence-corrected chi connectivity index (χ4v) is 0.951. The summed E-state index contributed by atoms with van der Waals surface area (Å²) in [5.41, 5.74) is 1.38. The van der Waals surface area contributed by atoms with Gasteiger partial charge in [-0.15, -0.1) is 0 Å². The van der Waals surface area contributed by atoms with Gasteiger partial charge in [0, 0.05) is 17.8 Å². The predicted octanol–water partition coefficient (Wildman–Crippen LogP) is 0.903. The van der Waals surface area contributed by atoms with E-state index >= 15 is 0 Å². The molecule has 0 radical (unpaired) electrons. The van der Waals surface area contributed by atoms with E-state index in [1.807, 2.05) is 6.07 Å². The molecule has 0 aliphatic heterocycles. The Morgan fingerprint density at radius 2 is 2.17 bits per heavy atom. The molecule has 0 aliphatic carbocycles. The first-order valence-corrected chi connectivity index (χ1v) is 3.77. The van der Waals surface area contributed by atoms with Crippen LogP contribution in [-0.2, 0) is 0 Å². The third kappa shape index (κ3) is 2.07. The van der Waals surface area contributed by atoms with E-state index in [4.69, 9.17) is 5.11 Å². The monoisotopic (exact) mass is 165 g/mol. The Morgan fingerprint density at radius 1 is 1.42 bits per heavy atom. The van der Waals surface area contributed by atoms with Gasteiger partial charge in [0.25, 0.3) is 0 Å². The van der Waals surface area contributed by atoms with Crippen LogP contribution in [0.4, 0.5) is 5.69 Å². The number of benzene rings is 1. The number of rotatable bonds is 4. The molecule has 3 nitrogen and oxygen atoms in total. The number of carbonyl (C=O) groups excluding carboxylic acids is 1. The average Bonchev–Trinajstić information content (AvgIpc) is 2.15. The summed E-state index contributed by atoms with van der Waals surface area (Å²) in [6.45, 7) is 0.526. The number of anilines is 1. The second kappa shape index (κ2) is 4.51. The van der Waals surface area contributed by atoms with Gasteiger partial charge in [0.1, 0.15) is 0 Å². The van der Waals surface area contributed by atoms with E-state index in [2.05, 4.69) is 5.32 Å². The van der Waals surface area contributed by atoms with Gasteiger partial charge in [0.2, 0.25) is 0 Å². The molecule has 0 amide bonds. The van der Waals surface area contributed by atoms with Crippen LogP contribution in [0, 0.1) is 0 Å². The maximum Gasteiger partial charge on any atom is 0.152 e. The molecule has 3 heteroatoms. The van der Waals surface area contributed by atoms with Crippen LogP contribution in [0.15, 0.2) is 24.3 Å². The molecule has 2 N–H and O–H groups in total. The molecule has 0 atom stereocenters. The summed E-state index contributed by atoms with van der Waals surface area (Å²) in [6.07, 6.45) is 0.791. The molecule has 64 valence electrons. The number of para-hydroxylation sites is 1. The predicted molar refractivity (Wildman–Crippen MR) is 47.4 cm³/mol. The minimum atomic E-state index is 0.0627. The highest BCUT2D eigenvalue weighted by Gasteiger charge is 1.97. The Balaban J connectivity index is 2.75. The van der Waals surface area contributed by atoms with Gasteiger partial charge in [0.05, 0.1) is 6.61 Å². The third-order valence-electron chi connectivity index (χ3n) is 1.52. The maximum absolute atomic E-state index is 10.5. The van der Waals surface area contributed by atoms with E-state index in [1.54, 1.807) is 18.2 Å². The third-order valence-corrected chi connectivity index (χ3v) is 1.52. The van der Waals surface area contributed by atoms with Crippen molar-refractivity contribution in [3.63, 3.8) is 0 Å². The lowest BCUT2D eigenvalue weighted by Crippen LogP contribution is -2.06. The van der Waals surface area contributed by atoms with Crippen molar-refractivity contribution in [1.29, 1.82) is 0 Å². The molecule has 12 heavy (non-hydrogen) atoms. The highest BCUT2D eigenvalue weighted by Crippen LogP contribution is 2.11. The summed E-state index contributed by atoms with van der Waals surface area (Å²) < 4.78 is 0. The summed E-state index contributed by atoms with van der Waals surface area (Å²) in [7, 11) is 0. The number of hydrogen-bond donors (Lipinski definition) is 2. The lowest BCUT2D eigenvalue weighted by atomic mass is 10.2. The molecule has 0 spiro atoms. The molecule has 1 rings (SSSR count). The molecule has 0 aromatic heterocycles. The SMILES string of the molecule is O=Cc1ccccc1NCCO. The Morgan fingerprint density at radius 3 is 2.83 bits per heavy atom. The Bertz CT molecular complexity index is 260. The average molecular weight is 165 g/mol. The Kier molecular flexibility index (Phi) is 3.29. The molecule has 0 aliphatic rings. The molecule has 1 aromatic rings. The molecule has 0 unspecified atom stereocenters. The van der Waals surface area contributed by atoms with Crippen molar-refractivity contribution in [3.05, 3.63) is 29.8 Å². The molecule has 0 bridgehead atoms. The van der Waals surface area contributed by atoms with Crippen molar-refractivity contribution in [2.24, 2.45) is 0 Å². The normalized spacial score (nSPS) is 9.42. The zero-order valence-corrected chi connectivity index (χ0v) is 6.66. The summed E-state index contributed by atoms with van der Waals surface area (Å²) in [4.78, 5) is 10.5. The maximum atomic E-state index is 10.5. The number of hydrogen-bond acceptors (Lipinski definition) is 3. The molecule has 0 saturated heterocycles. The lowest BCUT2D eigenvalue weighted by Gasteiger charge is -2.05. The van der Waals surface area contributed by atoms with Crippen LogP contribution in [-0.4, -0.2) is 24.5 Å². The van der Waals surface area contributed by atoms with Gasteiger partial charge in [-0.2, -0.15) is 0 Å². The zero-order valence-electron chi connectivity index (χ0n) is 6.66. The van der Waals surface area contributed by atoms with Crippen LogP contribution < -0.4 is 5.32 Å². The molecule has 0 saturated carbocycles. The first kappa shape index (κ1) is 8.74. The number of nitrogens with one attached hydrogen (secondary N) is 1. The van der Waals surface area contributed by atoms with Crippen LogP contribution in [0.5, 0.6) is 0 Å². The Labute approximate surface area is 71.0 Å². The van der Waals surface area contributed by atoms with Gasteiger partial charge >= 0.3 is 0 Å². The summed E-state index contributed by atoms with van der Waals surface area (Å²) in [6, 6.07) is 7.17. The molecule has 0 heterocycles. The van der Waals surface area contributed by atoms with E-state index in [9.17, 15) is 4.79 Å². The van der Waals surface area contributed by atoms with E-state index in [1.165, 1.54) is 0 Å². The fraction of sp³-hybridized carbons (Fsp3) is 0.222. The molecular weight excluding hydrogens is 154 g/mol. The number of aliphatic hydroxyl groups excluding tert-OH is 1. The van der Waals surface area contributed by atoms with Gasteiger partial charge in [0.15, 0.2) is 6.29 Å². The smallest absolute Gasteiger partial charge is 0.152 e. The summed E-state index contributed by atoms with van der Waals surface area (Å²) in [5.74, 6) is 0. The van der Waals surface area contributed by atoms with Gasteiger partial charge in [-0.05, 0) is 12.1 Å². The van der Waals surface area contributed by atoms with Crippen LogP contribution in [0.1, 0.15) is 10.4 Å². The van der Waals surface area contributed by atoms with E-state index in [-0.39, 0.29) is 6.61 Å². The molecular formula is C9H11NO2.